The van der Waals surface area contributed by atoms with Gasteiger partial charge in [0.2, 0.25) is 0 Å². The van der Waals surface area contributed by atoms with Gasteiger partial charge in [0.05, 0.1) is 22.1 Å². The van der Waals surface area contributed by atoms with Gasteiger partial charge in [-0.3, -0.25) is 4.57 Å². The summed E-state index contributed by atoms with van der Waals surface area (Å²) in [5.74, 6) is 0.858. The number of nitrogens with zero attached hydrogens (tertiary/aromatic N) is 3. The maximum Gasteiger partial charge on any atom is 0.165 e. The van der Waals surface area contributed by atoms with Crippen LogP contribution in [0.5, 0.6) is 0 Å². The minimum absolute atomic E-state index is 0.858. The second kappa shape index (κ2) is 8.07. The second-order valence-corrected chi connectivity index (χ2v) is 12.8. The monoisotopic (exact) mass is 575 g/mol. The molecule has 1 aliphatic rings. The Hall–Kier alpha value is -5.58. The highest BCUT2D eigenvalue weighted by Crippen LogP contribution is 2.52. The lowest BCUT2D eigenvalue weighted by atomic mass is 9.95. The second-order valence-electron chi connectivity index (χ2n) is 11.7. The summed E-state index contributed by atoms with van der Waals surface area (Å²) in [7, 11) is 0. The molecule has 0 spiro atoms. The average Bonchev–Trinajstić information content (AvgIpc) is 3.59. The molecular formula is C40H21N3S. The summed E-state index contributed by atoms with van der Waals surface area (Å²) in [5, 5.41) is 10.2. The first-order valence-corrected chi connectivity index (χ1v) is 15.7. The fourth-order valence-corrected chi connectivity index (χ4v) is 8.82. The zero-order valence-corrected chi connectivity index (χ0v) is 24.2. The van der Waals surface area contributed by atoms with Crippen LogP contribution in [0.25, 0.3) is 103 Å². The van der Waals surface area contributed by atoms with Crippen LogP contribution in [0, 0.1) is 0 Å². The van der Waals surface area contributed by atoms with Gasteiger partial charge in [-0.25, -0.2) is 9.97 Å². The van der Waals surface area contributed by atoms with E-state index in [0.29, 0.717) is 0 Å². The van der Waals surface area contributed by atoms with Crippen LogP contribution in [0.1, 0.15) is 0 Å². The van der Waals surface area contributed by atoms with Crippen molar-refractivity contribution in [1.82, 2.24) is 14.5 Å². The average molecular weight is 576 g/mol. The molecule has 0 unspecified atom stereocenters. The molecule has 0 saturated heterocycles. The normalized spacial score (nSPS) is 12.5. The van der Waals surface area contributed by atoms with Gasteiger partial charge in [0.25, 0.3) is 0 Å². The van der Waals surface area contributed by atoms with Crippen molar-refractivity contribution in [3.8, 4) is 28.2 Å². The van der Waals surface area contributed by atoms with Gasteiger partial charge in [0.1, 0.15) is 5.69 Å². The molecule has 0 bridgehead atoms. The van der Waals surface area contributed by atoms with Crippen molar-refractivity contribution in [2.45, 2.75) is 0 Å². The third kappa shape index (κ3) is 2.77. The smallest absolute Gasteiger partial charge is 0.165 e. The molecule has 0 amide bonds. The van der Waals surface area contributed by atoms with Gasteiger partial charge in [0, 0.05) is 41.9 Å². The van der Waals surface area contributed by atoms with E-state index in [1.807, 2.05) is 11.3 Å². The molecule has 4 heteroatoms. The minimum atomic E-state index is 0.858. The third-order valence-electron chi connectivity index (χ3n) is 9.49. The first-order valence-electron chi connectivity index (χ1n) is 14.9. The minimum Gasteiger partial charge on any atom is -0.292 e. The van der Waals surface area contributed by atoms with Gasteiger partial charge < -0.3 is 0 Å². The molecule has 0 radical (unpaired) electrons. The lowest BCUT2D eigenvalue weighted by Gasteiger charge is -2.15. The molecule has 44 heavy (non-hydrogen) atoms. The number of benzene rings is 7. The van der Waals surface area contributed by atoms with Crippen molar-refractivity contribution in [2.24, 2.45) is 0 Å². The van der Waals surface area contributed by atoms with Crippen LogP contribution in [-0.4, -0.2) is 14.5 Å². The maximum atomic E-state index is 5.55. The predicted molar refractivity (Wildman–Crippen MR) is 186 cm³/mol. The summed E-state index contributed by atoms with van der Waals surface area (Å²) < 4.78 is 5.04. The molecule has 202 valence electrons. The number of thiophene rings is 1. The van der Waals surface area contributed by atoms with Crippen LogP contribution in [-0.2, 0) is 0 Å². The lowest BCUT2D eigenvalue weighted by molar-refractivity contribution is 1.08. The number of rotatable bonds is 2. The van der Waals surface area contributed by atoms with Crippen LogP contribution >= 0.6 is 11.3 Å². The molecule has 0 aliphatic heterocycles. The van der Waals surface area contributed by atoms with E-state index in [9.17, 15) is 0 Å². The van der Waals surface area contributed by atoms with Crippen LogP contribution in [0.2, 0.25) is 0 Å². The SMILES string of the molecule is c1ccc(-c2nc3ccc4ccccc4c3nc2-n2c3ccc4cccc5c4c3c3c4c(ccc32)sc2cccc-5c24)cc1. The lowest BCUT2D eigenvalue weighted by Crippen LogP contribution is -2.04. The Morgan fingerprint density at radius 2 is 1.18 bits per heavy atom. The van der Waals surface area contributed by atoms with E-state index in [-0.39, 0.29) is 0 Å². The Labute approximate surface area is 255 Å². The van der Waals surface area contributed by atoms with E-state index < -0.39 is 0 Å². The standard InChI is InChI=1S/C40H21N3S/c1-2-9-24(10-3-1)38-40(42-39-25-12-5-4-8-22(25)16-18-28(39)41-38)43-29-19-17-23-11-6-13-26-27-14-7-15-31-34(27)37-32(44-31)21-20-30(43)36(37)35(29)33(23)26/h1-21H. The molecule has 3 aromatic heterocycles. The molecule has 0 saturated carbocycles. The summed E-state index contributed by atoms with van der Waals surface area (Å²) in [5.41, 5.74) is 8.70. The largest absolute Gasteiger partial charge is 0.292 e. The quantitative estimate of drug-likeness (QED) is 0.192. The fourth-order valence-electron chi connectivity index (χ4n) is 7.68. The highest BCUT2D eigenvalue weighted by atomic mass is 32.1. The van der Waals surface area contributed by atoms with E-state index >= 15 is 0 Å². The number of hydrogen-bond acceptors (Lipinski definition) is 3. The summed E-state index contributed by atoms with van der Waals surface area (Å²) in [6, 6.07) is 45.9. The third-order valence-corrected chi connectivity index (χ3v) is 10.6. The Kier molecular flexibility index (Phi) is 4.21. The molecule has 3 nitrogen and oxygen atoms in total. The van der Waals surface area contributed by atoms with E-state index in [1.54, 1.807) is 0 Å². The predicted octanol–water partition coefficient (Wildman–Crippen LogP) is 11.0. The molecule has 1 aliphatic carbocycles. The highest BCUT2D eigenvalue weighted by Gasteiger charge is 2.27. The van der Waals surface area contributed by atoms with Crippen molar-refractivity contribution in [3.63, 3.8) is 0 Å². The summed E-state index contributed by atoms with van der Waals surface area (Å²) >= 11 is 1.89. The topological polar surface area (TPSA) is 30.7 Å². The highest BCUT2D eigenvalue weighted by molar-refractivity contribution is 7.26. The van der Waals surface area contributed by atoms with E-state index in [1.165, 1.54) is 58.2 Å². The summed E-state index contributed by atoms with van der Waals surface area (Å²) in [4.78, 5) is 10.9. The molecule has 0 fully saturated rings. The Morgan fingerprint density at radius 1 is 0.477 bits per heavy atom. The van der Waals surface area contributed by atoms with Gasteiger partial charge in [-0.15, -0.1) is 11.3 Å². The number of aromatic nitrogens is 3. The van der Waals surface area contributed by atoms with E-state index in [0.717, 1.165) is 44.5 Å². The Morgan fingerprint density at radius 3 is 2.09 bits per heavy atom. The fraction of sp³-hybridized carbons (Fsp3) is 0. The molecule has 11 rings (SSSR count). The Bertz CT molecular complexity index is 2880. The van der Waals surface area contributed by atoms with Crippen LogP contribution < -0.4 is 0 Å². The molecule has 3 heterocycles. The summed E-state index contributed by atoms with van der Waals surface area (Å²) in [6.07, 6.45) is 0. The zero-order chi connectivity index (χ0) is 28.5. The Balaban J connectivity index is 1.41. The van der Waals surface area contributed by atoms with Crippen LogP contribution in [0.4, 0.5) is 0 Å². The molecule has 7 aromatic carbocycles. The van der Waals surface area contributed by atoms with Crippen molar-refractivity contribution in [1.29, 1.82) is 0 Å². The zero-order valence-electron chi connectivity index (χ0n) is 23.4. The van der Waals surface area contributed by atoms with Gasteiger partial charge in [-0.05, 0) is 57.6 Å². The molecule has 10 aromatic rings. The van der Waals surface area contributed by atoms with Crippen LogP contribution in [0.3, 0.4) is 0 Å². The van der Waals surface area contributed by atoms with Crippen molar-refractivity contribution in [2.75, 3.05) is 0 Å². The maximum absolute atomic E-state index is 5.55. The molecular weight excluding hydrogens is 555 g/mol. The van der Waals surface area contributed by atoms with Gasteiger partial charge in [-0.2, -0.15) is 0 Å². The number of hydrogen-bond donors (Lipinski definition) is 0. The van der Waals surface area contributed by atoms with E-state index in [2.05, 4.69) is 132 Å². The van der Waals surface area contributed by atoms with Gasteiger partial charge in [-0.1, -0.05) is 97.1 Å². The number of fused-ring (bicyclic) bond motifs is 4. The molecule has 0 N–H and O–H groups in total. The molecule has 0 atom stereocenters. The van der Waals surface area contributed by atoms with Gasteiger partial charge >= 0.3 is 0 Å². The van der Waals surface area contributed by atoms with Gasteiger partial charge in [0.15, 0.2) is 5.82 Å². The van der Waals surface area contributed by atoms with Crippen molar-refractivity contribution in [3.05, 3.63) is 127 Å². The van der Waals surface area contributed by atoms with Crippen molar-refractivity contribution >= 4 is 85.9 Å². The first kappa shape index (κ1) is 22.9. The van der Waals surface area contributed by atoms with Crippen LogP contribution in [0.15, 0.2) is 127 Å². The van der Waals surface area contributed by atoms with E-state index in [4.69, 9.17) is 9.97 Å². The first-order chi connectivity index (χ1) is 21.8. The summed E-state index contributed by atoms with van der Waals surface area (Å²) in [6.45, 7) is 0. The van der Waals surface area contributed by atoms with Crippen molar-refractivity contribution < 1.29 is 0 Å².